The summed E-state index contributed by atoms with van der Waals surface area (Å²) < 4.78 is 0. The normalized spacial score (nSPS) is 27.3. The number of rotatable bonds is 2. The van der Waals surface area contributed by atoms with Crippen LogP contribution in [0.5, 0.6) is 0 Å². The lowest BCUT2D eigenvalue weighted by Gasteiger charge is -2.37. The lowest BCUT2D eigenvalue weighted by Crippen LogP contribution is -2.52. The molecule has 70 valence electrons. The summed E-state index contributed by atoms with van der Waals surface area (Å²) in [4.78, 5) is 15.1. The van der Waals surface area contributed by atoms with Crippen LogP contribution in [0.4, 0.5) is 0 Å². The summed E-state index contributed by atoms with van der Waals surface area (Å²) in [5.74, 6) is -0.230. The highest BCUT2D eigenvalue weighted by Crippen LogP contribution is 2.06. The number of amides is 1. The second-order valence-corrected chi connectivity index (χ2v) is 3.55. The van der Waals surface area contributed by atoms with Gasteiger partial charge in [0.25, 0.3) is 0 Å². The van der Waals surface area contributed by atoms with Crippen LogP contribution < -0.4 is 5.73 Å². The molecule has 12 heavy (non-hydrogen) atoms. The first-order valence-electron chi connectivity index (χ1n) is 4.30. The molecule has 0 aromatic rings. The Morgan fingerprint density at radius 1 is 1.58 bits per heavy atom. The fraction of sp³-hybridized carbons (Fsp3) is 0.875. The van der Waals surface area contributed by atoms with Gasteiger partial charge in [0.05, 0.1) is 6.54 Å². The largest absolute Gasteiger partial charge is 0.369 e. The van der Waals surface area contributed by atoms with E-state index in [0.717, 1.165) is 19.6 Å². The molecule has 1 fully saturated rings. The quantitative estimate of drug-likeness (QED) is 0.586. The molecule has 1 rings (SSSR count). The molecule has 1 atom stereocenters. The van der Waals surface area contributed by atoms with E-state index in [1.165, 1.54) is 0 Å². The third kappa shape index (κ3) is 2.46. The van der Waals surface area contributed by atoms with Gasteiger partial charge in [-0.15, -0.1) is 0 Å². The van der Waals surface area contributed by atoms with Gasteiger partial charge in [-0.05, 0) is 14.0 Å². The van der Waals surface area contributed by atoms with E-state index in [1.807, 2.05) is 0 Å². The molecule has 1 aliphatic heterocycles. The molecule has 4 heteroatoms. The second-order valence-electron chi connectivity index (χ2n) is 3.55. The summed E-state index contributed by atoms with van der Waals surface area (Å²) >= 11 is 0. The zero-order chi connectivity index (χ0) is 9.14. The average Bonchev–Trinajstić information content (AvgIpc) is 1.94. The van der Waals surface area contributed by atoms with Crippen molar-refractivity contribution in [2.45, 2.75) is 13.0 Å². The summed E-state index contributed by atoms with van der Waals surface area (Å²) in [5, 5.41) is 0. The monoisotopic (exact) mass is 171 g/mol. The van der Waals surface area contributed by atoms with E-state index in [4.69, 9.17) is 5.73 Å². The molecular formula is C8H17N3O. The van der Waals surface area contributed by atoms with Gasteiger partial charge >= 0.3 is 0 Å². The number of carbonyl (C=O) groups is 1. The topological polar surface area (TPSA) is 49.6 Å². The first kappa shape index (κ1) is 9.48. The minimum absolute atomic E-state index is 0.230. The summed E-state index contributed by atoms with van der Waals surface area (Å²) in [6, 6.07) is 0.441. The summed E-state index contributed by atoms with van der Waals surface area (Å²) in [6.07, 6.45) is 0. The van der Waals surface area contributed by atoms with E-state index in [2.05, 4.69) is 23.8 Å². The molecule has 1 heterocycles. The molecule has 0 bridgehead atoms. The Morgan fingerprint density at radius 2 is 2.25 bits per heavy atom. The van der Waals surface area contributed by atoms with E-state index >= 15 is 0 Å². The van der Waals surface area contributed by atoms with Crippen molar-refractivity contribution >= 4 is 5.91 Å². The number of carbonyl (C=O) groups excluding carboxylic acids is 1. The molecule has 1 aliphatic rings. The van der Waals surface area contributed by atoms with Gasteiger partial charge in [0.2, 0.25) is 5.91 Å². The van der Waals surface area contributed by atoms with Gasteiger partial charge in [0, 0.05) is 25.7 Å². The SMILES string of the molecule is C[C@@H]1CN(C)CCN1CC(N)=O. The van der Waals surface area contributed by atoms with Crippen molar-refractivity contribution in [1.82, 2.24) is 9.80 Å². The molecule has 2 N–H and O–H groups in total. The highest BCUT2D eigenvalue weighted by Gasteiger charge is 2.21. The lowest BCUT2D eigenvalue weighted by atomic mass is 10.2. The number of likely N-dealkylation sites (N-methyl/N-ethyl adjacent to an activating group) is 1. The minimum Gasteiger partial charge on any atom is -0.369 e. The van der Waals surface area contributed by atoms with Crippen molar-refractivity contribution in [2.75, 3.05) is 33.2 Å². The summed E-state index contributed by atoms with van der Waals surface area (Å²) in [6.45, 7) is 5.51. The third-order valence-corrected chi connectivity index (χ3v) is 2.33. The van der Waals surface area contributed by atoms with Gasteiger partial charge in [0.1, 0.15) is 0 Å². The number of nitrogens with two attached hydrogens (primary N) is 1. The standard InChI is InChI=1S/C8H17N3O/c1-7-5-10(2)3-4-11(7)6-8(9)12/h7H,3-6H2,1-2H3,(H2,9,12)/t7-/m1/s1. The van der Waals surface area contributed by atoms with Crippen LogP contribution in [0, 0.1) is 0 Å². The van der Waals surface area contributed by atoms with Crippen molar-refractivity contribution in [2.24, 2.45) is 5.73 Å². The van der Waals surface area contributed by atoms with Crippen LogP contribution in [0.3, 0.4) is 0 Å². The predicted molar refractivity (Wildman–Crippen MR) is 47.7 cm³/mol. The highest BCUT2D eigenvalue weighted by atomic mass is 16.1. The highest BCUT2D eigenvalue weighted by molar-refractivity contribution is 5.75. The molecule has 0 aromatic carbocycles. The Kier molecular flexibility index (Phi) is 3.05. The van der Waals surface area contributed by atoms with Crippen LogP contribution in [-0.2, 0) is 4.79 Å². The maximum absolute atomic E-state index is 10.7. The van der Waals surface area contributed by atoms with E-state index in [1.54, 1.807) is 0 Å². The minimum atomic E-state index is -0.230. The van der Waals surface area contributed by atoms with Crippen LogP contribution in [0.25, 0.3) is 0 Å². The Bertz CT molecular complexity index is 172. The Balaban J connectivity index is 2.39. The van der Waals surface area contributed by atoms with Crippen LogP contribution in [-0.4, -0.2) is 55.0 Å². The Morgan fingerprint density at radius 3 is 2.75 bits per heavy atom. The maximum Gasteiger partial charge on any atom is 0.231 e. The molecule has 0 saturated carbocycles. The zero-order valence-electron chi connectivity index (χ0n) is 7.79. The number of primary amides is 1. The molecule has 1 amide bonds. The molecule has 0 radical (unpaired) electrons. The van der Waals surface area contributed by atoms with Gasteiger partial charge in [-0.25, -0.2) is 0 Å². The van der Waals surface area contributed by atoms with Crippen LogP contribution >= 0.6 is 0 Å². The Labute approximate surface area is 73.3 Å². The van der Waals surface area contributed by atoms with Gasteiger partial charge in [-0.2, -0.15) is 0 Å². The molecule has 0 aromatic heterocycles. The molecular weight excluding hydrogens is 154 g/mol. The third-order valence-electron chi connectivity index (χ3n) is 2.33. The molecule has 0 aliphatic carbocycles. The van der Waals surface area contributed by atoms with E-state index in [9.17, 15) is 4.79 Å². The van der Waals surface area contributed by atoms with E-state index < -0.39 is 0 Å². The molecule has 4 nitrogen and oxygen atoms in total. The van der Waals surface area contributed by atoms with Gasteiger partial charge in [0.15, 0.2) is 0 Å². The molecule has 0 spiro atoms. The van der Waals surface area contributed by atoms with Crippen LogP contribution in [0.1, 0.15) is 6.92 Å². The fourth-order valence-corrected chi connectivity index (χ4v) is 1.61. The fourth-order valence-electron chi connectivity index (χ4n) is 1.61. The smallest absolute Gasteiger partial charge is 0.231 e. The summed E-state index contributed by atoms with van der Waals surface area (Å²) in [5.41, 5.74) is 5.13. The molecule has 0 unspecified atom stereocenters. The Hall–Kier alpha value is -0.610. The summed E-state index contributed by atoms with van der Waals surface area (Å²) in [7, 11) is 2.10. The van der Waals surface area contributed by atoms with Crippen molar-refractivity contribution in [3.8, 4) is 0 Å². The van der Waals surface area contributed by atoms with Crippen molar-refractivity contribution in [3.63, 3.8) is 0 Å². The average molecular weight is 171 g/mol. The molecule has 1 saturated heterocycles. The lowest BCUT2D eigenvalue weighted by molar-refractivity contribution is -0.120. The van der Waals surface area contributed by atoms with Crippen LogP contribution in [0.2, 0.25) is 0 Å². The van der Waals surface area contributed by atoms with E-state index in [-0.39, 0.29) is 5.91 Å². The first-order valence-corrected chi connectivity index (χ1v) is 4.30. The number of hydrogen-bond donors (Lipinski definition) is 1. The van der Waals surface area contributed by atoms with Gasteiger partial charge in [-0.3, -0.25) is 9.69 Å². The second kappa shape index (κ2) is 3.87. The number of piperazine rings is 1. The van der Waals surface area contributed by atoms with Crippen molar-refractivity contribution in [1.29, 1.82) is 0 Å². The van der Waals surface area contributed by atoms with E-state index in [0.29, 0.717) is 12.6 Å². The zero-order valence-corrected chi connectivity index (χ0v) is 7.79. The maximum atomic E-state index is 10.7. The van der Waals surface area contributed by atoms with Crippen LogP contribution in [0.15, 0.2) is 0 Å². The van der Waals surface area contributed by atoms with Crippen molar-refractivity contribution in [3.05, 3.63) is 0 Å². The number of hydrogen-bond acceptors (Lipinski definition) is 3. The number of nitrogens with zero attached hydrogens (tertiary/aromatic N) is 2. The van der Waals surface area contributed by atoms with Gasteiger partial charge in [-0.1, -0.05) is 0 Å². The van der Waals surface area contributed by atoms with Crippen molar-refractivity contribution < 1.29 is 4.79 Å². The first-order chi connectivity index (χ1) is 5.59. The predicted octanol–water partition coefficient (Wildman–Crippen LogP) is -0.892. The van der Waals surface area contributed by atoms with Gasteiger partial charge < -0.3 is 10.6 Å².